The predicted octanol–water partition coefficient (Wildman–Crippen LogP) is 2.30. The van der Waals surface area contributed by atoms with Crippen LogP contribution in [0.2, 0.25) is 0 Å². The topological polar surface area (TPSA) is 85.2 Å². The van der Waals surface area contributed by atoms with Gasteiger partial charge in [-0.1, -0.05) is 23.4 Å². The van der Waals surface area contributed by atoms with Crippen LogP contribution in [-0.2, 0) is 24.2 Å². The Balaban J connectivity index is 1.50. The van der Waals surface area contributed by atoms with Gasteiger partial charge in [-0.25, -0.2) is 4.68 Å². The van der Waals surface area contributed by atoms with Crippen molar-refractivity contribution in [1.82, 2.24) is 30.2 Å². The minimum absolute atomic E-state index is 0.203. The van der Waals surface area contributed by atoms with Gasteiger partial charge in [-0.2, -0.15) is 0 Å². The van der Waals surface area contributed by atoms with Gasteiger partial charge < -0.3 is 10.1 Å². The summed E-state index contributed by atoms with van der Waals surface area (Å²) in [6, 6.07) is 12.3. The summed E-state index contributed by atoms with van der Waals surface area (Å²) < 4.78 is 6.81. The van der Waals surface area contributed by atoms with Crippen LogP contribution < -0.4 is 5.32 Å². The zero-order valence-electron chi connectivity index (χ0n) is 18.0. The van der Waals surface area contributed by atoms with Gasteiger partial charge in [0.25, 0.3) is 5.91 Å². The number of carbonyl (C=O) groups is 1. The molecule has 8 heteroatoms. The summed E-state index contributed by atoms with van der Waals surface area (Å²) in [5.74, 6) is -0.203. The molecule has 0 aliphatic carbocycles. The summed E-state index contributed by atoms with van der Waals surface area (Å²) in [7, 11) is 1.65. The molecule has 0 unspecified atom stereocenters. The molecule has 4 rings (SSSR count). The first-order chi connectivity index (χ1) is 15.2. The Morgan fingerprint density at radius 3 is 2.94 bits per heavy atom. The number of nitrogens with zero attached hydrogens (tertiary/aromatic N) is 5. The molecule has 1 aliphatic heterocycles. The molecule has 0 atom stereocenters. The molecule has 0 spiro atoms. The molecule has 3 aromatic rings. The number of ether oxygens (including phenoxy) is 1. The largest absolute Gasteiger partial charge is 0.385 e. The van der Waals surface area contributed by atoms with Gasteiger partial charge in [0.1, 0.15) is 0 Å². The van der Waals surface area contributed by atoms with E-state index in [1.807, 2.05) is 31.3 Å². The third kappa shape index (κ3) is 4.81. The fraction of sp³-hybridized carbons (Fsp3) is 0.391. The third-order valence-electron chi connectivity index (χ3n) is 5.58. The van der Waals surface area contributed by atoms with Crippen molar-refractivity contribution in [3.8, 4) is 5.69 Å². The van der Waals surface area contributed by atoms with E-state index in [4.69, 9.17) is 4.74 Å². The molecule has 2 aromatic heterocycles. The van der Waals surface area contributed by atoms with Crippen LogP contribution >= 0.6 is 0 Å². The molecule has 0 bridgehead atoms. The molecule has 162 valence electrons. The Hall–Kier alpha value is -3.10. The van der Waals surface area contributed by atoms with E-state index in [1.165, 1.54) is 11.1 Å². The van der Waals surface area contributed by atoms with Crippen LogP contribution in [0.15, 0.2) is 42.6 Å². The average Bonchev–Trinajstić information content (AvgIpc) is 3.18. The van der Waals surface area contributed by atoms with Crippen molar-refractivity contribution in [3.05, 3.63) is 70.8 Å². The standard InChI is InChI=1S/C23H28N6O2/c1-17-22(23(30)25-12-6-14-31-2)26-27-29(17)21-9-5-7-18-15-28(13-10-20(18)21)16-19-8-3-4-11-24-19/h3-5,7-9,11H,6,10,12-16H2,1-2H3,(H,25,30). The number of aromatic nitrogens is 4. The van der Waals surface area contributed by atoms with Crippen LogP contribution in [0.4, 0.5) is 0 Å². The molecule has 1 amide bonds. The lowest BCUT2D eigenvalue weighted by Gasteiger charge is -2.29. The highest BCUT2D eigenvalue weighted by molar-refractivity contribution is 5.93. The maximum absolute atomic E-state index is 12.5. The summed E-state index contributed by atoms with van der Waals surface area (Å²) in [4.78, 5) is 19.3. The minimum atomic E-state index is -0.203. The second-order valence-electron chi connectivity index (χ2n) is 7.73. The van der Waals surface area contributed by atoms with Gasteiger partial charge in [0.05, 0.1) is 17.1 Å². The van der Waals surface area contributed by atoms with Crippen molar-refractivity contribution in [2.24, 2.45) is 0 Å². The Bertz CT molecular complexity index is 1030. The maximum Gasteiger partial charge on any atom is 0.273 e. The van der Waals surface area contributed by atoms with Gasteiger partial charge in [-0.15, -0.1) is 5.10 Å². The number of nitrogens with one attached hydrogen (secondary N) is 1. The fourth-order valence-electron chi connectivity index (χ4n) is 3.97. The molecule has 1 aliphatic rings. The SMILES string of the molecule is COCCCNC(=O)c1nnn(-c2cccc3c2CCN(Cc2ccccn2)C3)c1C. The summed E-state index contributed by atoms with van der Waals surface area (Å²) in [5, 5.41) is 11.3. The lowest BCUT2D eigenvalue weighted by atomic mass is 9.97. The molecule has 31 heavy (non-hydrogen) atoms. The smallest absolute Gasteiger partial charge is 0.273 e. The molecule has 0 saturated heterocycles. The summed E-state index contributed by atoms with van der Waals surface area (Å²) in [6.45, 7) is 5.69. The highest BCUT2D eigenvalue weighted by Gasteiger charge is 2.23. The number of methoxy groups -OCH3 is 1. The quantitative estimate of drug-likeness (QED) is 0.563. The van der Waals surface area contributed by atoms with Crippen molar-refractivity contribution < 1.29 is 9.53 Å². The Morgan fingerprint density at radius 1 is 1.23 bits per heavy atom. The minimum Gasteiger partial charge on any atom is -0.385 e. The number of pyridine rings is 1. The first-order valence-electron chi connectivity index (χ1n) is 10.6. The highest BCUT2D eigenvalue weighted by atomic mass is 16.5. The van der Waals surface area contributed by atoms with Crippen molar-refractivity contribution >= 4 is 5.91 Å². The Labute approximate surface area is 182 Å². The van der Waals surface area contributed by atoms with Gasteiger partial charge in [0.2, 0.25) is 0 Å². The third-order valence-corrected chi connectivity index (χ3v) is 5.58. The first kappa shape index (κ1) is 21.1. The molecule has 0 radical (unpaired) electrons. The van der Waals surface area contributed by atoms with E-state index in [0.29, 0.717) is 18.8 Å². The van der Waals surface area contributed by atoms with Crippen LogP contribution in [0.25, 0.3) is 5.69 Å². The van der Waals surface area contributed by atoms with Crippen LogP contribution in [-0.4, -0.2) is 57.6 Å². The van der Waals surface area contributed by atoms with E-state index >= 15 is 0 Å². The summed E-state index contributed by atoms with van der Waals surface area (Å²) in [5.41, 5.74) is 5.73. The number of hydrogen-bond donors (Lipinski definition) is 1. The lowest BCUT2D eigenvalue weighted by molar-refractivity contribution is 0.0943. The molecular formula is C23H28N6O2. The highest BCUT2D eigenvalue weighted by Crippen LogP contribution is 2.26. The van der Waals surface area contributed by atoms with E-state index in [0.717, 1.165) is 49.6 Å². The van der Waals surface area contributed by atoms with Gasteiger partial charge in [0, 0.05) is 46.1 Å². The van der Waals surface area contributed by atoms with E-state index in [-0.39, 0.29) is 5.91 Å². The number of amides is 1. The lowest BCUT2D eigenvalue weighted by Crippen LogP contribution is -2.31. The molecule has 1 aromatic carbocycles. The molecule has 3 heterocycles. The van der Waals surface area contributed by atoms with Crippen LogP contribution in [0.3, 0.4) is 0 Å². The molecule has 8 nitrogen and oxygen atoms in total. The second kappa shape index (κ2) is 9.80. The number of fused-ring (bicyclic) bond motifs is 1. The number of hydrogen-bond acceptors (Lipinski definition) is 6. The Morgan fingerprint density at radius 2 is 2.13 bits per heavy atom. The van der Waals surface area contributed by atoms with E-state index < -0.39 is 0 Å². The van der Waals surface area contributed by atoms with Crippen LogP contribution in [0, 0.1) is 6.92 Å². The fourth-order valence-corrected chi connectivity index (χ4v) is 3.97. The molecule has 0 fully saturated rings. The second-order valence-corrected chi connectivity index (χ2v) is 7.73. The van der Waals surface area contributed by atoms with E-state index in [2.05, 4.69) is 43.7 Å². The van der Waals surface area contributed by atoms with E-state index in [1.54, 1.807) is 11.8 Å². The van der Waals surface area contributed by atoms with Gasteiger partial charge in [-0.05, 0) is 49.1 Å². The number of benzene rings is 1. The van der Waals surface area contributed by atoms with Gasteiger partial charge in [0.15, 0.2) is 5.69 Å². The van der Waals surface area contributed by atoms with Gasteiger partial charge >= 0.3 is 0 Å². The van der Waals surface area contributed by atoms with Crippen molar-refractivity contribution in [3.63, 3.8) is 0 Å². The van der Waals surface area contributed by atoms with Crippen molar-refractivity contribution in [2.75, 3.05) is 26.8 Å². The number of rotatable bonds is 8. The molecular weight excluding hydrogens is 392 g/mol. The summed E-state index contributed by atoms with van der Waals surface area (Å²) in [6.07, 6.45) is 3.51. The maximum atomic E-state index is 12.5. The average molecular weight is 421 g/mol. The van der Waals surface area contributed by atoms with Crippen LogP contribution in [0.1, 0.15) is 39.4 Å². The zero-order valence-corrected chi connectivity index (χ0v) is 18.0. The summed E-state index contributed by atoms with van der Waals surface area (Å²) >= 11 is 0. The molecule has 0 saturated carbocycles. The predicted molar refractivity (Wildman–Crippen MR) is 117 cm³/mol. The van der Waals surface area contributed by atoms with Gasteiger partial charge in [-0.3, -0.25) is 14.7 Å². The molecule has 1 N–H and O–H groups in total. The monoisotopic (exact) mass is 420 g/mol. The Kier molecular flexibility index (Phi) is 6.69. The van der Waals surface area contributed by atoms with E-state index in [9.17, 15) is 4.79 Å². The normalized spacial score (nSPS) is 13.7. The van der Waals surface area contributed by atoms with Crippen molar-refractivity contribution in [1.29, 1.82) is 0 Å². The number of carbonyl (C=O) groups excluding carboxylic acids is 1. The first-order valence-corrected chi connectivity index (χ1v) is 10.6. The zero-order chi connectivity index (χ0) is 21.6. The van der Waals surface area contributed by atoms with Crippen molar-refractivity contribution in [2.45, 2.75) is 32.9 Å². The van der Waals surface area contributed by atoms with Crippen LogP contribution in [0.5, 0.6) is 0 Å².